The first-order valence-corrected chi connectivity index (χ1v) is 15.4. The molecule has 4 fully saturated rings. The van der Waals surface area contributed by atoms with Gasteiger partial charge in [-0.25, -0.2) is 13.2 Å². The third-order valence-electron chi connectivity index (χ3n) is 9.09. The summed E-state index contributed by atoms with van der Waals surface area (Å²) in [5.41, 5.74) is -0.291. The smallest absolute Gasteiger partial charge is 0.409 e. The van der Waals surface area contributed by atoms with Gasteiger partial charge in [-0.15, -0.1) is 0 Å². The molecule has 0 aromatic heterocycles. The molecule has 206 valence electrons. The van der Waals surface area contributed by atoms with E-state index in [0.717, 1.165) is 45.2 Å². The van der Waals surface area contributed by atoms with Gasteiger partial charge in [-0.3, -0.25) is 4.90 Å². The number of sulfonamides is 1. The van der Waals surface area contributed by atoms with E-state index in [9.17, 15) is 13.2 Å². The predicted molar refractivity (Wildman–Crippen MR) is 142 cm³/mol. The molecule has 1 aromatic carbocycles. The van der Waals surface area contributed by atoms with Gasteiger partial charge >= 0.3 is 6.09 Å². The van der Waals surface area contributed by atoms with Crippen molar-refractivity contribution in [1.29, 1.82) is 0 Å². The van der Waals surface area contributed by atoms with E-state index in [2.05, 4.69) is 25.7 Å². The number of hydrogen-bond donors (Lipinski definition) is 0. The normalized spacial score (nSPS) is 27.2. The molecule has 2 aliphatic carbocycles. The van der Waals surface area contributed by atoms with E-state index in [0.29, 0.717) is 37.2 Å². The highest BCUT2D eigenvalue weighted by Gasteiger charge is 2.59. The van der Waals surface area contributed by atoms with Crippen LogP contribution in [0.4, 0.5) is 4.79 Å². The zero-order chi connectivity index (χ0) is 26.4. The lowest BCUT2D eigenvalue weighted by Gasteiger charge is -2.45. The van der Waals surface area contributed by atoms with Crippen LogP contribution in [-0.4, -0.2) is 92.2 Å². The van der Waals surface area contributed by atoms with Gasteiger partial charge in [-0.1, -0.05) is 18.5 Å². The molecular formula is C27H40ClN3O5S. The molecule has 4 aliphatic rings. The van der Waals surface area contributed by atoms with Gasteiger partial charge in [0.25, 0.3) is 0 Å². The molecule has 2 atom stereocenters. The SMILES string of the molecule is CCC(C)(C)N1CCN(C(=O)OCC2([C@H]3COC[C@@H](C4CC4)N3S(=O)(=O)c3ccc(Cl)cc3)CC2)CC1. The second kappa shape index (κ2) is 10.3. The Morgan fingerprint density at radius 1 is 1.11 bits per heavy atom. The Kier molecular flexibility index (Phi) is 7.57. The van der Waals surface area contributed by atoms with Gasteiger partial charge in [0.1, 0.15) is 6.61 Å². The van der Waals surface area contributed by atoms with Gasteiger partial charge in [0.2, 0.25) is 10.0 Å². The van der Waals surface area contributed by atoms with Crippen LogP contribution in [0.15, 0.2) is 29.2 Å². The summed E-state index contributed by atoms with van der Waals surface area (Å²) in [6.07, 6.45) is 4.41. The van der Waals surface area contributed by atoms with Crippen LogP contribution in [0.5, 0.6) is 0 Å². The first-order valence-electron chi connectivity index (χ1n) is 13.6. The number of carbonyl (C=O) groups excluding carboxylic acids is 1. The van der Waals surface area contributed by atoms with Crippen molar-refractivity contribution in [2.24, 2.45) is 11.3 Å². The Hall–Kier alpha value is -1.39. The second-order valence-corrected chi connectivity index (χ2v) is 14.1. The second-order valence-electron chi connectivity index (χ2n) is 11.8. The topological polar surface area (TPSA) is 79.4 Å². The van der Waals surface area contributed by atoms with E-state index in [1.54, 1.807) is 33.5 Å². The lowest BCUT2D eigenvalue weighted by Crippen LogP contribution is -2.59. The molecule has 2 saturated carbocycles. The highest BCUT2D eigenvalue weighted by Crippen LogP contribution is 2.54. The number of rotatable bonds is 8. The van der Waals surface area contributed by atoms with Crippen LogP contribution >= 0.6 is 11.6 Å². The number of morpholine rings is 1. The van der Waals surface area contributed by atoms with Gasteiger partial charge in [0, 0.05) is 42.2 Å². The molecule has 5 rings (SSSR count). The van der Waals surface area contributed by atoms with E-state index in [4.69, 9.17) is 21.1 Å². The van der Waals surface area contributed by atoms with Gasteiger partial charge in [0.15, 0.2) is 0 Å². The van der Waals surface area contributed by atoms with Gasteiger partial charge in [0.05, 0.1) is 30.2 Å². The van der Waals surface area contributed by atoms with Gasteiger partial charge in [-0.2, -0.15) is 4.31 Å². The molecule has 0 unspecified atom stereocenters. The average molecular weight is 554 g/mol. The van der Waals surface area contributed by atoms with Crippen molar-refractivity contribution < 1.29 is 22.7 Å². The molecule has 10 heteroatoms. The third kappa shape index (κ3) is 5.53. The summed E-state index contributed by atoms with van der Waals surface area (Å²) >= 11 is 6.04. The van der Waals surface area contributed by atoms with Crippen molar-refractivity contribution in [2.75, 3.05) is 46.0 Å². The summed E-state index contributed by atoms with van der Waals surface area (Å²) in [7, 11) is -3.77. The minimum absolute atomic E-state index is 0.117. The number of halogens is 1. The van der Waals surface area contributed by atoms with E-state index in [-0.39, 0.29) is 35.2 Å². The molecule has 2 heterocycles. The number of amides is 1. The Morgan fingerprint density at radius 3 is 2.32 bits per heavy atom. The molecule has 8 nitrogen and oxygen atoms in total. The lowest BCUT2D eigenvalue weighted by atomic mass is 9.95. The van der Waals surface area contributed by atoms with Crippen molar-refractivity contribution in [3.05, 3.63) is 29.3 Å². The quantitative estimate of drug-likeness (QED) is 0.479. The van der Waals surface area contributed by atoms with Crippen LogP contribution < -0.4 is 0 Å². The highest BCUT2D eigenvalue weighted by atomic mass is 35.5. The Bertz CT molecular complexity index is 1080. The summed E-state index contributed by atoms with van der Waals surface area (Å²) < 4.78 is 41.5. The van der Waals surface area contributed by atoms with Crippen LogP contribution in [0.1, 0.15) is 52.9 Å². The molecule has 0 N–H and O–H groups in total. The fourth-order valence-electron chi connectivity index (χ4n) is 5.77. The van der Waals surface area contributed by atoms with Crippen LogP contribution in [-0.2, 0) is 19.5 Å². The lowest BCUT2D eigenvalue weighted by molar-refractivity contribution is -0.0515. The highest BCUT2D eigenvalue weighted by molar-refractivity contribution is 7.89. The minimum atomic E-state index is -3.77. The zero-order valence-electron chi connectivity index (χ0n) is 22.2. The van der Waals surface area contributed by atoms with Crippen molar-refractivity contribution in [3.63, 3.8) is 0 Å². The van der Waals surface area contributed by atoms with E-state index >= 15 is 0 Å². The van der Waals surface area contributed by atoms with Crippen LogP contribution in [0.2, 0.25) is 5.02 Å². The number of carbonyl (C=O) groups is 1. The Labute approximate surface area is 226 Å². The molecule has 37 heavy (non-hydrogen) atoms. The summed E-state index contributed by atoms with van der Waals surface area (Å²) in [5.74, 6) is 0.312. The molecular weight excluding hydrogens is 514 g/mol. The molecule has 1 amide bonds. The van der Waals surface area contributed by atoms with E-state index in [1.165, 1.54) is 0 Å². The maximum atomic E-state index is 14.0. The van der Waals surface area contributed by atoms with E-state index in [1.807, 2.05) is 0 Å². The molecule has 1 aromatic rings. The number of benzene rings is 1. The molecule has 2 aliphatic heterocycles. The fourth-order valence-corrected chi connectivity index (χ4v) is 7.83. The summed E-state index contributed by atoms with van der Waals surface area (Å²) in [6, 6.07) is 5.84. The molecule has 2 saturated heterocycles. The summed E-state index contributed by atoms with van der Waals surface area (Å²) in [4.78, 5) is 17.5. The number of ether oxygens (including phenoxy) is 2. The monoisotopic (exact) mass is 553 g/mol. The summed E-state index contributed by atoms with van der Waals surface area (Å²) in [6.45, 7) is 10.5. The maximum Gasteiger partial charge on any atom is 0.409 e. The number of hydrogen-bond acceptors (Lipinski definition) is 6. The predicted octanol–water partition coefficient (Wildman–Crippen LogP) is 4.23. The first kappa shape index (κ1) is 27.2. The first-order chi connectivity index (χ1) is 17.6. The largest absolute Gasteiger partial charge is 0.449 e. The van der Waals surface area contributed by atoms with Crippen molar-refractivity contribution in [3.8, 4) is 0 Å². The number of piperazine rings is 1. The minimum Gasteiger partial charge on any atom is -0.449 e. The molecule has 0 bridgehead atoms. The standard InChI is InChI=1S/C27H40ClN3O5S/c1-4-26(2,3)30-15-13-29(14-16-30)25(32)36-19-27(11-12-27)24-18-35-17-23(20-5-6-20)31(24)37(33,34)22-9-7-21(28)8-10-22/h7-10,20,23-24H,4-6,11-19H2,1-3H3/t23-,24+/m0/s1. The van der Waals surface area contributed by atoms with Crippen LogP contribution in [0.25, 0.3) is 0 Å². The molecule has 0 radical (unpaired) electrons. The zero-order valence-corrected chi connectivity index (χ0v) is 23.8. The van der Waals surface area contributed by atoms with Crippen LogP contribution in [0.3, 0.4) is 0 Å². The van der Waals surface area contributed by atoms with Crippen molar-refractivity contribution in [1.82, 2.24) is 14.1 Å². The third-order valence-corrected chi connectivity index (χ3v) is 11.3. The van der Waals surface area contributed by atoms with Crippen LogP contribution in [0, 0.1) is 11.3 Å². The number of nitrogens with zero attached hydrogens (tertiary/aromatic N) is 3. The fraction of sp³-hybridized carbons (Fsp3) is 0.741. The van der Waals surface area contributed by atoms with E-state index < -0.39 is 15.4 Å². The van der Waals surface area contributed by atoms with Crippen molar-refractivity contribution in [2.45, 2.75) is 75.4 Å². The Morgan fingerprint density at radius 2 is 1.76 bits per heavy atom. The molecule has 0 spiro atoms. The summed E-state index contributed by atoms with van der Waals surface area (Å²) in [5, 5.41) is 0.501. The average Bonchev–Trinajstić information content (AvgIpc) is 3.82. The maximum absolute atomic E-state index is 14.0. The van der Waals surface area contributed by atoms with Gasteiger partial charge < -0.3 is 14.4 Å². The Balaban J connectivity index is 1.28. The van der Waals surface area contributed by atoms with Gasteiger partial charge in [-0.05, 0) is 76.1 Å². The van der Waals surface area contributed by atoms with Crippen molar-refractivity contribution >= 4 is 27.7 Å².